The van der Waals surface area contributed by atoms with Gasteiger partial charge in [-0.3, -0.25) is 5.41 Å². The molecule has 0 fully saturated rings. The average molecular weight is 218 g/mol. The monoisotopic (exact) mass is 218 g/mol. The first-order chi connectivity index (χ1) is 7.77. The van der Waals surface area contributed by atoms with Crippen molar-refractivity contribution in [2.45, 2.75) is 6.42 Å². The molecule has 0 spiro atoms. The summed E-state index contributed by atoms with van der Waals surface area (Å²) in [6.45, 7) is 0.739. The highest BCUT2D eigenvalue weighted by Crippen LogP contribution is 2.26. The predicted octanol–water partition coefficient (Wildman–Crippen LogP) is 1.11. The Morgan fingerprint density at radius 3 is 2.94 bits per heavy atom. The fraction of sp³-hybridized carbons (Fsp3) is 0.250. The molecule has 4 N–H and O–H groups in total. The summed E-state index contributed by atoms with van der Waals surface area (Å²) in [6, 6.07) is 7.84. The van der Waals surface area contributed by atoms with Crippen molar-refractivity contribution in [3.63, 3.8) is 0 Å². The summed E-state index contributed by atoms with van der Waals surface area (Å²) in [5, 5.41) is 8.98. The van der Waals surface area contributed by atoms with Gasteiger partial charge < -0.3 is 15.0 Å². The molecule has 2 rings (SSSR count). The van der Waals surface area contributed by atoms with E-state index in [1.807, 2.05) is 35.0 Å². The summed E-state index contributed by atoms with van der Waals surface area (Å²) >= 11 is 0. The Morgan fingerprint density at radius 1 is 1.44 bits per heavy atom. The number of nitrogens with zero attached hydrogens (tertiary/aromatic N) is 1. The SMILES string of the molecule is COc1cccc2c1ccn2C(=N)CC[NH3+]. The van der Waals surface area contributed by atoms with Gasteiger partial charge in [-0.2, -0.15) is 0 Å². The van der Waals surface area contributed by atoms with Gasteiger partial charge in [0.1, 0.15) is 11.6 Å². The highest BCUT2D eigenvalue weighted by atomic mass is 16.5. The number of nitrogens with one attached hydrogen (secondary N) is 1. The van der Waals surface area contributed by atoms with Crippen LogP contribution in [0.1, 0.15) is 6.42 Å². The van der Waals surface area contributed by atoms with E-state index in [0.717, 1.165) is 23.2 Å². The Morgan fingerprint density at radius 2 is 2.25 bits per heavy atom. The van der Waals surface area contributed by atoms with Crippen LogP contribution in [0, 0.1) is 5.41 Å². The Kier molecular flexibility index (Phi) is 2.92. The lowest BCUT2D eigenvalue weighted by atomic mass is 10.2. The van der Waals surface area contributed by atoms with Crippen molar-refractivity contribution in [2.24, 2.45) is 0 Å². The van der Waals surface area contributed by atoms with Crippen LogP contribution in [0.5, 0.6) is 5.75 Å². The van der Waals surface area contributed by atoms with Crippen molar-refractivity contribution in [3.05, 3.63) is 30.5 Å². The van der Waals surface area contributed by atoms with Crippen LogP contribution in [0.15, 0.2) is 30.5 Å². The summed E-state index contributed by atoms with van der Waals surface area (Å²) < 4.78 is 7.16. The molecule has 0 radical (unpaired) electrons. The molecular formula is C12H16N3O+. The second-order valence-corrected chi connectivity index (χ2v) is 3.63. The highest BCUT2D eigenvalue weighted by molar-refractivity contribution is 5.96. The highest BCUT2D eigenvalue weighted by Gasteiger charge is 2.08. The Labute approximate surface area is 94.1 Å². The molecule has 1 heterocycles. The lowest BCUT2D eigenvalue weighted by Crippen LogP contribution is -2.51. The largest absolute Gasteiger partial charge is 0.496 e. The molecule has 1 aromatic heterocycles. The van der Waals surface area contributed by atoms with Gasteiger partial charge in [-0.15, -0.1) is 0 Å². The van der Waals surface area contributed by atoms with E-state index in [1.165, 1.54) is 0 Å². The molecule has 4 heteroatoms. The van der Waals surface area contributed by atoms with Crippen molar-refractivity contribution >= 4 is 16.7 Å². The molecule has 4 nitrogen and oxygen atoms in total. The minimum atomic E-state index is 0.568. The van der Waals surface area contributed by atoms with Crippen molar-refractivity contribution in [1.82, 2.24) is 4.57 Å². The molecule has 0 saturated carbocycles. The minimum absolute atomic E-state index is 0.568. The van der Waals surface area contributed by atoms with Gasteiger partial charge in [-0.25, -0.2) is 0 Å². The van der Waals surface area contributed by atoms with Gasteiger partial charge in [-0.05, 0) is 18.2 Å². The van der Waals surface area contributed by atoms with Gasteiger partial charge in [-0.1, -0.05) is 6.07 Å². The van der Waals surface area contributed by atoms with Gasteiger partial charge in [0.25, 0.3) is 0 Å². The topological polar surface area (TPSA) is 65.7 Å². The summed E-state index contributed by atoms with van der Waals surface area (Å²) in [7, 11) is 1.66. The zero-order valence-electron chi connectivity index (χ0n) is 9.36. The third-order valence-corrected chi connectivity index (χ3v) is 2.62. The molecule has 2 aromatic rings. The number of aromatic nitrogens is 1. The number of hydrogen-bond donors (Lipinski definition) is 2. The van der Waals surface area contributed by atoms with Crippen LogP contribution in [-0.2, 0) is 0 Å². The molecule has 16 heavy (non-hydrogen) atoms. The van der Waals surface area contributed by atoms with E-state index in [-0.39, 0.29) is 0 Å². The van der Waals surface area contributed by atoms with Crippen molar-refractivity contribution in [1.29, 1.82) is 5.41 Å². The normalized spacial score (nSPS) is 10.6. The quantitative estimate of drug-likeness (QED) is 0.588. The first-order valence-electron chi connectivity index (χ1n) is 5.29. The molecule has 0 aliphatic heterocycles. The molecule has 1 aromatic carbocycles. The maximum absolute atomic E-state index is 7.94. The zero-order chi connectivity index (χ0) is 11.5. The summed E-state index contributed by atoms with van der Waals surface area (Å²) in [4.78, 5) is 0. The van der Waals surface area contributed by atoms with Crippen molar-refractivity contribution < 1.29 is 10.5 Å². The van der Waals surface area contributed by atoms with E-state index in [0.29, 0.717) is 12.3 Å². The molecule has 84 valence electrons. The van der Waals surface area contributed by atoms with E-state index < -0.39 is 0 Å². The first-order valence-corrected chi connectivity index (χ1v) is 5.29. The van der Waals surface area contributed by atoms with E-state index in [1.54, 1.807) is 7.11 Å². The number of methoxy groups -OCH3 is 1. The maximum atomic E-state index is 7.94. The zero-order valence-corrected chi connectivity index (χ0v) is 9.36. The van der Waals surface area contributed by atoms with Crippen LogP contribution < -0.4 is 10.5 Å². The number of rotatable bonds is 3. The van der Waals surface area contributed by atoms with E-state index in [9.17, 15) is 0 Å². The smallest absolute Gasteiger partial charge is 0.128 e. The molecule has 0 aliphatic carbocycles. The Hall–Kier alpha value is -1.81. The summed E-state index contributed by atoms with van der Waals surface area (Å²) in [5.41, 5.74) is 4.78. The van der Waals surface area contributed by atoms with Gasteiger partial charge in [0, 0.05) is 11.6 Å². The molecule has 0 bridgehead atoms. The number of benzene rings is 1. The second kappa shape index (κ2) is 4.37. The predicted molar refractivity (Wildman–Crippen MR) is 64.0 cm³/mol. The van der Waals surface area contributed by atoms with Crippen LogP contribution in [0.2, 0.25) is 0 Å². The molecule has 0 amide bonds. The summed E-state index contributed by atoms with van der Waals surface area (Å²) in [6.07, 6.45) is 2.59. The van der Waals surface area contributed by atoms with Crippen LogP contribution in [0.4, 0.5) is 0 Å². The molecular weight excluding hydrogens is 202 g/mol. The second-order valence-electron chi connectivity index (χ2n) is 3.63. The number of quaternary nitrogens is 1. The van der Waals surface area contributed by atoms with E-state index >= 15 is 0 Å². The third-order valence-electron chi connectivity index (χ3n) is 2.62. The number of fused-ring (bicyclic) bond motifs is 1. The third kappa shape index (κ3) is 1.67. The Balaban J connectivity index is 2.53. The fourth-order valence-corrected chi connectivity index (χ4v) is 1.84. The minimum Gasteiger partial charge on any atom is -0.496 e. The summed E-state index contributed by atoms with van der Waals surface area (Å²) in [5.74, 6) is 1.41. The molecule has 0 aliphatic rings. The van der Waals surface area contributed by atoms with Crippen LogP contribution in [0.3, 0.4) is 0 Å². The van der Waals surface area contributed by atoms with Crippen molar-refractivity contribution in [2.75, 3.05) is 13.7 Å². The van der Waals surface area contributed by atoms with Crippen LogP contribution in [-0.4, -0.2) is 24.1 Å². The average Bonchev–Trinajstić information content (AvgIpc) is 2.72. The molecule has 0 atom stereocenters. The maximum Gasteiger partial charge on any atom is 0.128 e. The number of ether oxygens (including phenoxy) is 1. The molecule has 0 saturated heterocycles. The standard InChI is InChI=1S/C12H15N3O/c1-16-11-4-2-3-10-9(11)6-8-15(10)12(14)5-7-13/h2-4,6,8,14H,5,7,13H2,1H3/p+1. The van der Waals surface area contributed by atoms with E-state index in [4.69, 9.17) is 10.1 Å². The van der Waals surface area contributed by atoms with Gasteiger partial charge >= 0.3 is 0 Å². The molecule has 0 unspecified atom stereocenters. The Bertz CT molecular complexity index is 516. The van der Waals surface area contributed by atoms with Gasteiger partial charge in [0.15, 0.2) is 0 Å². The lowest BCUT2D eigenvalue weighted by Gasteiger charge is -2.06. The first kappa shape index (κ1) is 10.7. The van der Waals surface area contributed by atoms with Crippen molar-refractivity contribution in [3.8, 4) is 5.75 Å². The fourth-order valence-electron chi connectivity index (χ4n) is 1.84. The van der Waals surface area contributed by atoms with Gasteiger partial charge in [0.2, 0.25) is 0 Å². The lowest BCUT2D eigenvalue weighted by molar-refractivity contribution is -0.365. The van der Waals surface area contributed by atoms with Gasteiger partial charge in [0.05, 0.1) is 25.6 Å². The number of hydrogen-bond acceptors (Lipinski definition) is 2. The van der Waals surface area contributed by atoms with Crippen LogP contribution >= 0.6 is 0 Å². The van der Waals surface area contributed by atoms with E-state index in [2.05, 4.69) is 5.73 Å². The van der Waals surface area contributed by atoms with Crippen LogP contribution in [0.25, 0.3) is 10.9 Å².